The lowest BCUT2D eigenvalue weighted by molar-refractivity contribution is 0.0427. The predicted molar refractivity (Wildman–Crippen MR) is 85.1 cm³/mol. The van der Waals surface area contributed by atoms with Crippen LogP contribution in [0.1, 0.15) is 58.3 Å². The summed E-state index contributed by atoms with van der Waals surface area (Å²) in [4.78, 5) is 5.31. The minimum atomic E-state index is 0.789. The Morgan fingerprint density at radius 2 is 1.60 bits per heavy atom. The summed E-state index contributed by atoms with van der Waals surface area (Å²) >= 11 is 0. The van der Waals surface area contributed by atoms with Gasteiger partial charge in [0.05, 0.1) is 0 Å². The molecular weight excluding hydrogens is 246 g/mol. The van der Waals surface area contributed by atoms with E-state index in [9.17, 15) is 0 Å². The normalized spacial score (nSPS) is 37.2. The van der Waals surface area contributed by atoms with Crippen LogP contribution in [-0.4, -0.2) is 60.6 Å². The van der Waals surface area contributed by atoms with Crippen molar-refractivity contribution in [2.45, 2.75) is 82.5 Å². The fourth-order valence-electron chi connectivity index (χ4n) is 4.72. The van der Waals surface area contributed by atoms with Crippen molar-refractivity contribution in [1.82, 2.24) is 15.1 Å². The predicted octanol–water partition coefficient (Wildman–Crippen LogP) is 2.47. The van der Waals surface area contributed by atoms with Crippen LogP contribution in [0.25, 0.3) is 0 Å². The van der Waals surface area contributed by atoms with Crippen LogP contribution < -0.4 is 5.32 Å². The first kappa shape index (κ1) is 14.8. The molecule has 3 aliphatic heterocycles. The molecule has 3 nitrogen and oxygen atoms in total. The smallest absolute Gasteiger partial charge is 0.0110 e. The summed E-state index contributed by atoms with van der Waals surface area (Å²) < 4.78 is 0. The third-order valence-corrected chi connectivity index (χ3v) is 5.94. The monoisotopic (exact) mass is 279 g/mol. The van der Waals surface area contributed by atoms with Gasteiger partial charge in [0.25, 0.3) is 0 Å². The molecule has 3 heterocycles. The van der Waals surface area contributed by atoms with Crippen LogP contribution in [0.4, 0.5) is 0 Å². The molecule has 3 rings (SSSR count). The molecule has 0 aromatic heterocycles. The fourth-order valence-corrected chi connectivity index (χ4v) is 4.72. The Kier molecular flexibility index (Phi) is 5.00. The van der Waals surface area contributed by atoms with Crippen molar-refractivity contribution in [3.63, 3.8) is 0 Å². The maximum Gasteiger partial charge on any atom is 0.0110 e. The van der Waals surface area contributed by atoms with E-state index in [0.29, 0.717) is 0 Å². The standard InChI is InChI=1S/C17H33N3/c1-3-9-20-10-7-14(8-11-20)18-15-12-16-5-4-6-17(13-15)19(16)2/h14-18H,3-13H2,1-2H3. The Bertz CT molecular complexity index is 285. The molecule has 0 aliphatic carbocycles. The van der Waals surface area contributed by atoms with Crippen LogP contribution in [0.2, 0.25) is 0 Å². The van der Waals surface area contributed by atoms with Gasteiger partial charge in [-0.1, -0.05) is 13.3 Å². The van der Waals surface area contributed by atoms with E-state index in [1.54, 1.807) is 0 Å². The molecule has 0 spiro atoms. The molecular formula is C17H33N3. The number of nitrogens with zero attached hydrogens (tertiary/aromatic N) is 2. The summed E-state index contributed by atoms with van der Waals surface area (Å²) in [5.41, 5.74) is 0. The second-order valence-electron chi connectivity index (χ2n) is 7.35. The van der Waals surface area contributed by atoms with Crippen LogP contribution in [0.5, 0.6) is 0 Å². The maximum atomic E-state index is 4.02. The van der Waals surface area contributed by atoms with Gasteiger partial charge in [0, 0.05) is 24.2 Å². The molecule has 2 unspecified atom stereocenters. The minimum absolute atomic E-state index is 0.789. The van der Waals surface area contributed by atoms with E-state index in [1.165, 1.54) is 71.0 Å². The number of fused-ring (bicyclic) bond motifs is 2. The molecule has 0 radical (unpaired) electrons. The van der Waals surface area contributed by atoms with Crippen molar-refractivity contribution in [3.05, 3.63) is 0 Å². The Morgan fingerprint density at radius 3 is 2.20 bits per heavy atom. The zero-order chi connectivity index (χ0) is 13.9. The van der Waals surface area contributed by atoms with Crippen molar-refractivity contribution in [1.29, 1.82) is 0 Å². The summed E-state index contributed by atoms with van der Waals surface area (Å²) in [6.45, 7) is 6.21. The van der Waals surface area contributed by atoms with Gasteiger partial charge in [0.1, 0.15) is 0 Å². The van der Waals surface area contributed by atoms with Crippen molar-refractivity contribution >= 4 is 0 Å². The topological polar surface area (TPSA) is 18.5 Å². The lowest BCUT2D eigenvalue weighted by Crippen LogP contribution is -2.56. The highest BCUT2D eigenvalue weighted by atomic mass is 15.2. The Morgan fingerprint density at radius 1 is 0.950 bits per heavy atom. The van der Waals surface area contributed by atoms with E-state index in [-0.39, 0.29) is 0 Å². The minimum Gasteiger partial charge on any atom is -0.311 e. The van der Waals surface area contributed by atoms with Crippen molar-refractivity contribution < 1.29 is 0 Å². The quantitative estimate of drug-likeness (QED) is 0.853. The molecule has 116 valence electrons. The Hall–Kier alpha value is -0.120. The molecule has 0 amide bonds. The highest BCUT2D eigenvalue weighted by Gasteiger charge is 2.36. The average molecular weight is 279 g/mol. The number of likely N-dealkylation sites (tertiary alicyclic amines) is 1. The molecule has 3 fully saturated rings. The Balaban J connectivity index is 1.45. The van der Waals surface area contributed by atoms with Crippen LogP contribution in [-0.2, 0) is 0 Å². The lowest BCUT2D eigenvalue weighted by atomic mass is 9.82. The van der Waals surface area contributed by atoms with Gasteiger partial charge >= 0.3 is 0 Å². The zero-order valence-corrected chi connectivity index (χ0v) is 13.5. The highest BCUT2D eigenvalue weighted by Crippen LogP contribution is 2.33. The highest BCUT2D eigenvalue weighted by molar-refractivity contribution is 4.95. The number of piperidine rings is 3. The maximum absolute atomic E-state index is 4.02. The number of nitrogens with one attached hydrogen (secondary N) is 1. The first-order chi connectivity index (χ1) is 9.76. The SMILES string of the molecule is CCCN1CCC(NC2CC3CCCC(C2)N3C)CC1. The van der Waals surface area contributed by atoms with Gasteiger partial charge in [-0.25, -0.2) is 0 Å². The second-order valence-corrected chi connectivity index (χ2v) is 7.35. The first-order valence-corrected chi connectivity index (χ1v) is 8.96. The molecule has 2 bridgehead atoms. The van der Waals surface area contributed by atoms with E-state index in [2.05, 4.69) is 29.1 Å². The van der Waals surface area contributed by atoms with Crippen molar-refractivity contribution in [3.8, 4) is 0 Å². The largest absolute Gasteiger partial charge is 0.311 e. The van der Waals surface area contributed by atoms with Gasteiger partial charge in [-0.2, -0.15) is 0 Å². The summed E-state index contributed by atoms with van der Waals surface area (Å²) in [5.74, 6) is 0. The lowest BCUT2D eigenvalue weighted by Gasteiger charge is -2.48. The van der Waals surface area contributed by atoms with Gasteiger partial charge in [-0.3, -0.25) is 0 Å². The number of rotatable bonds is 4. The summed E-state index contributed by atoms with van der Waals surface area (Å²) in [6.07, 6.45) is 11.1. The van der Waals surface area contributed by atoms with Gasteiger partial charge < -0.3 is 15.1 Å². The fraction of sp³-hybridized carbons (Fsp3) is 1.00. The van der Waals surface area contributed by atoms with Gasteiger partial charge in [-0.05, 0) is 71.6 Å². The molecule has 0 saturated carbocycles. The van der Waals surface area contributed by atoms with E-state index in [0.717, 1.165) is 24.2 Å². The van der Waals surface area contributed by atoms with Crippen molar-refractivity contribution in [2.24, 2.45) is 0 Å². The Labute approximate surface area is 125 Å². The van der Waals surface area contributed by atoms with Gasteiger partial charge in [0.15, 0.2) is 0 Å². The van der Waals surface area contributed by atoms with E-state index < -0.39 is 0 Å². The zero-order valence-electron chi connectivity index (χ0n) is 13.5. The molecule has 0 aromatic rings. The molecule has 3 saturated heterocycles. The van der Waals surface area contributed by atoms with Crippen LogP contribution >= 0.6 is 0 Å². The van der Waals surface area contributed by atoms with Crippen LogP contribution in [0.3, 0.4) is 0 Å². The summed E-state index contributed by atoms with van der Waals surface area (Å²) in [5, 5.41) is 4.02. The van der Waals surface area contributed by atoms with Gasteiger partial charge in [0.2, 0.25) is 0 Å². The van der Waals surface area contributed by atoms with E-state index >= 15 is 0 Å². The molecule has 2 atom stereocenters. The molecule has 1 N–H and O–H groups in total. The van der Waals surface area contributed by atoms with Crippen LogP contribution in [0.15, 0.2) is 0 Å². The number of hydrogen-bond acceptors (Lipinski definition) is 3. The van der Waals surface area contributed by atoms with Gasteiger partial charge in [-0.15, -0.1) is 0 Å². The van der Waals surface area contributed by atoms with Crippen molar-refractivity contribution in [2.75, 3.05) is 26.7 Å². The first-order valence-electron chi connectivity index (χ1n) is 8.96. The van der Waals surface area contributed by atoms with Crippen LogP contribution in [0, 0.1) is 0 Å². The third-order valence-electron chi connectivity index (χ3n) is 5.94. The number of hydrogen-bond donors (Lipinski definition) is 1. The second kappa shape index (κ2) is 6.76. The average Bonchev–Trinajstić information content (AvgIpc) is 2.42. The summed E-state index contributed by atoms with van der Waals surface area (Å²) in [7, 11) is 2.36. The van der Waals surface area contributed by atoms with E-state index in [1.807, 2.05) is 0 Å². The molecule has 3 heteroatoms. The summed E-state index contributed by atoms with van der Waals surface area (Å²) in [6, 6.07) is 3.31. The third kappa shape index (κ3) is 3.37. The molecule has 3 aliphatic rings. The van der Waals surface area contributed by atoms with E-state index in [4.69, 9.17) is 0 Å². The molecule has 0 aromatic carbocycles. The molecule has 20 heavy (non-hydrogen) atoms.